The average Bonchev–Trinajstić information content (AvgIpc) is 2.22. The van der Waals surface area contributed by atoms with Gasteiger partial charge in [-0.3, -0.25) is 0 Å². The van der Waals surface area contributed by atoms with Crippen LogP contribution in [0.2, 0.25) is 5.02 Å². The van der Waals surface area contributed by atoms with Gasteiger partial charge in [0.25, 0.3) is 0 Å². The van der Waals surface area contributed by atoms with E-state index in [1.54, 1.807) is 6.07 Å². The molecule has 0 radical (unpaired) electrons. The summed E-state index contributed by atoms with van der Waals surface area (Å²) in [4.78, 5) is 0. The molecule has 0 atom stereocenters. The highest BCUT2D eigenvalue weighted by molar-refractivity contribution is 6.32. The van der Waals surface area contributed by atoms with Gasteiger partial charge in [-0.25, -0.2) is 0 Å². The van der Waals surface area contributed by atoms with Crippen molar-refractivity contribution in [1.82, 2.24) is 5.32 Å². The van der Waals surface area contributed by atoms with E-state index < -0.39 is 0 Å². The van der Waals surface area contributed by atoms with Gasteiger partial charge in [0.05, 0.1) is 5.02 Å². The van der Waals surface area contributed by atoms with E-state index in [4.69, 9.17) is 11.6 Å². The molecule has 1 aromatic carbocycles. The molecule has 0 bridgehead atoms. The lowest BCUT2D eigenvalue weighted by Crippen LogP contribution is -2.36. The van der Waals surface area contributed by atoms with Crippen molar-refractivity contribution in [3.63, 3.8) is 0 Å². The Morgan fingerprint density at radius 1 is 1.44 bits per heavy atom. The van der Waals surface area contributed by atoms with Gasteiger partial charge in [-0.1, -0.05) is 37.1 Å². The zero-order chi connectivity index (χ0) is 11.6. The van der Waals surface area contributed by atoms with Crippen molar-refractivity contribution in [3.8, 4) is 5.75 Å². The van der Waals surface area contributed by atoms with Crippen LogP contribution in [0.25, 0.3) is 0 Å². The Kier molecular flexibility index (Phi) is 3.41. The van der Waals surface area contributed by atoms with Crippen LogP contribution in [0.1, 0.15) is 31.7 Å². The van der Waals surface area contributed by atoms with Crippen molar-refractivity contribution in [2.75, 3.05) is 6.54 Å². The van der Waals surface area contributed by atoms with Crippen LogP contribution in [0, 0.1) is 5.41 Å². The minimum atomic E-state index is 0.204. The summed E-state index contributed by atoms with van der Waals surface area (Å²) >= 11 is 5.84. The minimum absolute atomic E-state index is 0.204. The standard InChI is InChI=1S/C13H18ClNO/c1-13(6-3-7-13)9-15-8-10-4-2-5-11(14)12(10)16/h2,4-5,15-16H,3,6-9H2,1H3. The maximum Gasteiger partial charge on any atom is 0.138 e. The number of hydrogen-bond donors (Lipinski definition) is 2. The van der Waals surface area contributed by atoms with Crippen LogP contribution < -0.4 is 5.32 Å². The summed E-state index contributed by atoms with van der Waals surface area (Å²) in [6, 6.07) is 5.47. The number of para-hydroxylation sites is 1. The predicted molar refractivity (Wildman–Crippen MR) is 66.8 cm³/mol. The Labute approximate surface area is 102 Å². The van der Waals surface area contributed by atoms with Gasteiger partial charge in [0.15, 0.2) is 0 Å². The molecule has 1 saturated carbocycles. The van der Waals surface area contributed by atoms with Gasteiger partial charge in [-0.15, -0.1) is 0 Å². The highest BCUT2D eigenvalue weighted by Gasteiger charge is 2.30. The second-order valence-corrected chi connectivity index (χ2v) is 5.42. The van der Waals surface area contributed by atoms with Crippen LogP contribution in [0.15, 0.2) is 18.2 Å². The quantitative estimate of drug-likeness (QED) is 0.845. The number of rotatable bonds is 4. The molecule has 2 rings (SSSR count). The van der Waals surface area contributed by atoms with Gasteiger partial charge in [0.1, 0.15) is 5.75 Å². The van der Waals surface area contributed by atoms with Crippen LogP contribution in [0.4, 0.5) is 0 Å². The van der Waals surface area contributed by atoms with Crippen molar-refractivity contribution in [1.29, 1.82) is 0 Å². The molecule has 3 heteroatoms. The zero-order valence-corrected chi connectivity index (χ0v) is 10.3. The predicted octanol–water partition coefficient (Wildman–Crippen LogP) is 3.33. The molecular formula is C13H18ClNO. The highest BCUT2D eigenvalue weighted by Crippen LogP contribution is 2.39. The van der Waals surface area contributed by atoms with Gasteiger partial charge in [-0.2, -0.15) is 0 Å². The van der Waals surface area contributed by atoms with Crippen molar-refractivity contribution in [2.24, 2.45) is 5.41 Å². The van der Waals surface area contributed by atoms with Crippen molar-refractivity contribution in [2.45, 2.75) is 32.7 Å². The van der Waals surface area contributed by atoms with E-state index >= 15 is 0 Å². The van der Waals surface area contributed by atoms with Crippen molar-refractivity contribution in [3.05, 3.63) is 28.8 Å². The molecule has 0 aliphatic heterocycles. The fraction of sp³-hybridized carbons (Fsp3) is 0.538. The largest absolute Gasteiger partial charge is 0.506 e. The van der Waals surface area contributed by atoms with E-state index in [9.17, 15) is 5.11 Å². The normalized spacial score (nSPS) is 18.1. The molecule has 0 unspecified atom stereocenters. The first-order valence-corrected chi connectivity index (χ1v) is 6.16. The number of phenols is 1. The van der Waals surface area contributed by atoms with Crippen LogP contribution in [0.3, 0.4) is 0 Å². The Bertz CT molecular complexity index is 374. The first-order chi connectivity index (χ1) is 7.61. The zero-order valence-electron chi connectivity index (χ0n) is 9.59. The highest BCUT2D eigenvalue weighted by atomic mass is 35.5. The summed E-state index contributed by atoms with van der Waals surface area (Å²) in [5, 5.41) is 13.5. The van der Waals surface area contributed by atoms with Crippen LogP contribution in [-0.2, 0) is 6.54 Å². The summed E-state index contributed by atoms with van der Waals surface area (Å²) in [5.74, 6) is 0.204. The molecule has 1 aromatic rings. The maximum atomic E-state index is 9.73. The van der Waals surface area contributed by atoms with Crippen molar-refractivity contribution < 1.29 is 5.11 Å². The molecule has 1 fully saturated rings. The fourth-order valence-corrected chi connectivity index (χ4v) is 2.35. The Morgan fingerprint density at radius 2 is 2.19 bits per heavy atom. The van der Waals surface area contributed by atoms with E-state index in [-0.39, 0.29) is 5.75 Å². The van der Waals surface area contributed by atoms with E-state index in [1.165, 1.54) is 19.3 Å². The lowest BCUT2D eigenvalue weighted by atomic mass is 9.70. The SMILES string of the molecule is CC1(CNCc2cccc(Cl)c2O)CCC1. The lowest BCUT2D eigenvalue weighted by molar-refractivity contribution is 0.156. The molecule has 0 amide bonds. The number of phenolic OH excluding ortho intramolecular Hbond substituents is 1. The third-order valence-corrected chi connectivity index (χ3v) is 3.80. The molecule has 0 spiro atoms. The van der Waals surface area contributed by atoms with Gasteiger partial charge in [0, 0.05) is 18.7 Å². The van der Waals surface area contributed by atoms with E-state index in [0.717, 1.165) is 12.1 Å². The Balaban J connectivity index is 1.87. The third kappa shape index (κ3) is 2.50. The van der Waals surface area contributed by atoms with Gasteiger partial charge < -0.3 is 10.4 Å². The monoisotopic (exact) mass is 239 g/mol. The number of hydrogen-bond acceptors (Lipinski definition) is 2. The van der Waals surface area contributed by atoms with Crippen LogP contribution in [0.5, 0.6) is 5.75 Å². The number of aromatic hydroxyl groups is 1. The van der Waals surface area contributed by atoms with Crippen molar-refractivity contribution >= 4 is 11.6 Å². The van der Waals surface area contributed by atoms with Gasteiger partial charge in [-0.05, 0) is 24.3 Å². The van der Waals surface area contributed by atoms with E-state index in [2.05, 4.69) is 12.2 Å². The molecule has 88 valence electrons. The molecule has 16 heavy (non-hydrogen) atoms. The first kappa shape index (κ1) is 11.7. The second kappa shape index (κ2) is 4.64. The fourth-order valence-electron chi connectivity index (χ4n) is 2.16. The summed E-state index contributed by atoms with van der Waals surface area (Å²) in [5.41, 5.74) is 1.34. The summed E-state index contributed by atoms with van der Waals surface area (Å²) in [6.07, 6.45) is 3.96. The summed E-state index contributed by atoms with van der Waals surface area (Å²) in [6.45, 7) is 4.00. The molecule has 1 aliphatic carbocycles. The third-order valence-electron chi connectivity index (χ3n) is 3.50. The van der Waals surface area contributed by atoms with E-state index in [0.29, 0.717) is 17.0 Å². The molecule has 2 nitrogen and oxygen atoms in total. The minimum Gasteiger partial charge on any atom is -0.506 e. The average molecular weight is 240 g/mol. The summed E-state index contributed by atoms with van der Waals surface area (Å²) in [7, 11) is 0. The van der Waals surface area contributed by atoms with Crippen LogP contribution in [-0.4, -0.2) is 11.7 Å². The number of halogens is 1. The Morgan fingerprint density at radius 3 is 2.81 bits per heavy atom. The molecular weight excluding hydrogens is 222 g/mol. The molecule has 0 heterocycles. The molecule has 1 aliphatic rings. The van der Waals surface area contributed by atoms with Crippen LogP contribution >= 0.6 is 11.6 Å². The maximum absolute atomic E-state index is 9.73. The molecule has 0 saturated heterocycles. The topological polar surface area (TPSA) is 32.3 Å². The Hall–Kier alpha value is -0.730. The lowest BCUT2D eigenvalue weighted by Gasteiger charge is -2.38. The van der Waals surface area contributed by atoms with Gasteiger partial charge >= 0.3 is 0 Å². The first-order valence-electron chi connectivity index (χ1n) is 5.78. The number of benzene rings is 1. The smallest absolute Gasteiger partial charge is 0.138 e. The van der Waals surface area contributed by atoms with E-state index in [1.807, 2.05) is 12.1 Å². The van der Waals surface area contributed by atoms with Gasteiger partial charge in [0.2, 0.25) is 0 Å². The molecule has 2 N–H and O–H groups in total. The summed E-state index contributed by atoms with van der Waals surface area (Å²) < 4.78 is 0. The molecule has 0 aromatic heterocycles. The second-order valence-electron chi connectivity index (χ2n) is 5.02. The number of nitrogens with one attached hydrogen (secondary N) is 1.